The zero-order valence-corrected chi connectivity index (χ0v) is 20.5. The summed E-state index contributed by atoms with van der Waals surface area (Å²) in [5.74, 6) is -0.379. The molecule has 1 aromatic carbocycles. The molecule has 0 radical (unpaired) electrons. The number of anilines is 1. The maximum absolute atomic E-state index is 13.1. The normalized spacial score (nSPS) is 17.1. The Morgan fingerprint density at radius 3 is 2.62 bits per heavy atom. The zero-order valence-electron chi connectivity index (χ0n) is 18.2. The first kappa shape index (κ1) is 23.6. The van der Waals surface area contributed by atoms with Crippen molar-refractivity contribution in [2.75, 3.05) is 25.0 Å². The van der Waals surface area contributed by atoms with E-state index in [-0.39, 0.29) is 17.8 Å². The number of piperidine rings is 1. The Balaban J connectivity index is 1.38. The number of ether oxygens (including phenoxy) is 1. The van der Waals surface area contributed by atoms with E-state index in [0.29, 0.717) is 27.2 Å². The predicted octanol–water partition coefficient (Wildman–Crippen LogP) is 5.96. The minimum atomic E-state index is -0.321. The number of amides is 1. The van der Waals surface area contributed by atoms with E-state index in [2.05, 4.69) is 10.2 Å². The Bertz CT molecular complexity index is 999. The molecule has 1 N–H and O–H groups in total. The number of carbonyl (C=O) groups excluding carboxylic acids is 2. The van der Waals surface area contributed by atoms with Crippen molar-refractivity contribution in [3.05, 3.63) is 49.8 Å². The van der Waals surface area contributed by atoms with Crippen LogP contribution in [0.1, 0.15) is 59.0 Å². The van der Waals surface area contributed by atoms with Gasteiger partial charge in [0.25, 0.3) is 0 Å². The highest BCUT2D eigenvalue weighted by Crippen LogP contribution is 2.39. The third-order valence-electron chi connectivity index (χ3n) is 6.24. The summed E-state index contributed by atoms with van der Waals surface area (Å²) in [7, 11) is 0. The first-order chi connectivity index (χ1) is 15.5. The Morgan fingerprint density at radius 1 is 1.16 bits per heavy atom. The van der Waals surface area contributed by atoms with E-state index in [9.17, 15) is 9.59 Å². The summed E-state index contributed by atoms with van der Waals surface area (Å²) < 4.78 is 5.30. The van der Waals surface area contributed by atoms with Crippen LogP contribution < -0.4 is 5.32 Å². The summed E-state index contributed by atoms with van der Waals surface area (Å²) in [5, 5.41) is 4.87. The Labute approximate surface area is 203 Å². The van der Waals surface area contributed by atoms with Crippen molar-refractivity contribution in [3.63, 3.8) is 0 Å². The van der Waals surface area contributed by atoms with Crippen molar-refractivity contribution in [2.24, 2.45) is 5.92 Å². The molecular weight excluding hydrogens is 467 g/mol. The van der Waals surface area contributed by atoms with E-state index in [1.165, 1.54) is 4.88 Å². The summed E-state index contributed by atoms with van der Waals surface area (Å²) in [5.41, 5.74) is 2.77. The van der Waals surface area contributed by atoms with Crippen LogP contribution in [0.2, 0.25) is 10.0 Å². The van der Waals surface area contributed by atoms with Crippen LogP contribution in [0, 0.1) is 5.92 Å². The smallest absolute Gasteiger partial charge is 0.341 e. The number of thiophene rings is 1. The highest BCUT2D eigenvalue weighted by Gasteiger charge is 2.30. The fraction of sp³-hybridized carbons (Fsp3) is 0.500. The van der Waals surface area contributed by atoms with Gasteiger partial charge in [-0.15, -0.1) is 11.3 Å². The molecular formula is C24H28Cl2N2O3S. The number of rotatable bonds is 6. The van der Waals surface area contributed by atoms with E-state index in [4.69, 9.17) is 27.9 Å². The Morgan fingerprint density at radius 2 is 1.91 bits per heavy atom. The molecule has 4 rings (SSSR count). The molecule has 0 bridgehead atoms. The number of carbonyl (C=O) groups is 2. The van der Waals surface area contributed by atoms with E-state index in [1.807, 2.05) is 18.2 Å². The molecule has 32 heavy (non-hydrogen) atoms. The maximum Gasteiger partial charge on any atom is 0.341 e. The number of nitrogens with zero attached hydrogens (tertiary/aromatic N) is 1. The number of halogens is 2. The molecule has 5 nitrogen and oxygen atoms in total. The number of fused-ring (bicyclic) bond motifs is 1. The number of aryl methyl sites for hydroxylation is 1. The van der Waals surface area contributed by atoms with Crippen molar-refractivity contribution in [1.82, 2.24) is 4.90 Å². The fourth-order valence-corrected chi connectivity index (χ4v) is 6.14. The van der Waals surface area contributed by atoms with Gasteiger partial charge < -0.3 is 10.1 Å². The van der Waals surface area contributed by atoms with Gasteiger partial charge in [0.05, 0.1) is 22.2 Å². The third kappa shape index (κ3) is 5.30. The van der Waals surface area contributed by atoms with Crippen LogP contribution >= 0.6 is 34.5 Å². The molecule has 1 aromatic heterocycles. The summed E-state index contributed by atoms with van der Waals surface area (Å²) in [6.45, 7) is 4.60. The van der Waals surface area contributed by atoms with Crippen LogP contribution in [-0.2, 0) is 28.9 Å². The monoisotopic (exact) mass is 494 g/mol. The van der Waals surface area contributed by atoms with Gasteiger partial charge in [0, 0.05) is 17.3 Å². The quantitative estimate of drug-likeness (QED) is 0.503. The molecule has 0 unspecified atom stereocenters. The van der Waals surface area contributed by atoms with Gasteiger partial charge >= 0.3 is 5.97 Å². The largest absolute Gasteiger partial charge is 0.462 e. The van der Waals surface area contributed by atoms with Crippen LogP contribution in [0.25, 0.3) is 0 Å². The average molecular weight is 495 g/mol. The molecule has 2 heterocycles. The molecule has 0 saturated carbocycles. The molecule has 1 aliphatic carbocycles. The molecule has 0 spiro atoms. The van der Waals surface area contributed by atoms with Gasteiger partial charge in [-0.2, -0.15) is 0 Å². The summed E-state index contributed by atoms with van der Waals surface area (Å²) >= 11 is 13.7. The molecule has 1 saturated heterocycles. The number of likely N-dealkylation sites (tertiary alicyclic amines) is 1. The van der Waals surface area contributed by atoms with E-state index >= 15 is 0 Å². The molecule has 1 amide bonds. The van der Waals surface area contributed by atoms with E-state index < -0.39 is 0 Å². The van der Waals surface area contributed by atoms with Crippen LogP contribution in [-0.4, -0.2) is 36.5 Å². The van der Waals surface area contributed by atoms with Gasteiger partial charge in [-0.3, -0.25) is 9.69 Å². The summed E-state index contributed by atoms with van der Waals surface area (Å²) in [6, 6.07) is 5.71. The first-order valence-electron chi connectivity index (χ1n) is 11.2. The number of benzene rings is 1. The van der Waals surface area contributed by atoms with Crippen LogP contribution in [0.5, 0.6) is 0 Å². The lowest BCUT2D eigenvalue weighted by Gasteiger charge is -2.31. The van der Waals surface area contributed by atoms with Crippen LogP contribution in [0.15, 0.2) is 18.2 Å². The lowest BCUT2D eigenvalue weighted by molar-refractivity contribution is -0.121. The summed E-state index contributed by atoms with van der Waals surface area (Å²) in [6.07, 6.45) is 5.61. The number of hydrogen-bond acceptors (Lipinski definition) is 5. The minimum absolute atomic E-state index is 0.00309. The fourth-order valence-electron chi connectivity index (χ4n) is 4.54. The average Bonchev–Trinajstić information content (AvgIpc) is 3.15. The molecule has 172 valence electrons. The number of hydrogen-bond donors (Lipinski definition) is 1. The molecule has 0 atom stereocenters. The second kappa shape index (κ2) is 10.6. The second-order valence-electron chi connectivity index (χ2n) is 8.42. The molecule has 8 heteroatoms. The topological polar surface area (TPSA) is 58.6 Å². The van der Waals surface area contributed by atoms with Crippen LogP contribution in [0.3, 0.4) is 0 Å². The van der Waals surface area contributed by atoms with E-state index in [1.54, 1.807) is 18.3 Å². The molecule has 1 aliphatic heterocycles. The third-order valence-corrected chi connectivity index (χ3v) is 8.18. The number of esters is 1. The lowest BCUT2D eigenvalue weighted by atomic mass is 9.94. The van der Waals surface area contributed by atoms with Gasteiger partial charge in [0.1, 0.15) is 5.00 Å². The van der Waals surface area contributed by atoms with Crippen molar-refractivity contribution >= 4 is 51.4 Å². The maximum atomic E-state index is 13.1. The highest BCUT2D eigenvalue weighted by atomic mass is 35.5. The summed E-state index contributed by atoms with van der Waals surface area (Å²) in [4.78, 5) is 29.2. The van der Waals surface area contributed by atoms with Crippen LogP contribution in [0.4, 0.5) is 5.00 Å². The highest BCUT2D eigenvalue weighted by molar-refractivity contribution is 7.17. The molecule has 2 aromatic rings. The standard InChI is InChI=1S/C24H28Cl2N2O3S/c1-2-31-24(30)21-17-5-3-4-6-20(17)32-23(21)27-22(29)16-9-11-28(12-10-16)14-15-7-8-18(25)19(26)13-15/h7-8,13,16H,2-6,9-12,14H2,1H3,(H,27,29). The van der Waals surface area contributed by atoms with Crippen molar-refractivity contribution in [2.45, 2.75) is 52.0 Å². The minimum Gasteiger partial charge on any atom is -0.462 e. The van der Waals surface area contributed by atoms with Gasteiger partial charge in [-0.05, 0) is 81.8 Å². The van der Waals surface area contributed by atoms with E-state index in [0.717, 1.165) is 69.3 Å². The Hall–Kier alpha value is -1.60. The van der Waals surface area contributed by atoms with Crippen molar-refractivity contribution in [3.8, 4) is 0 Å². The first-order valence-corrected chi connectivity index (χ1v) is 12.8. The predicted molar refractivity (Wildman–Crippen MR) is 130 cm³/mol. The molecule has 1 fully saturated rings. The Kier molecular flexibility index (Phi) is 7.77. The van der Waals surface area contributed by atoms with Gasteiger partial charge in [0.15, 0.2) is 0 Å². The van der Waals surface area contributed by atoms with Gasteiger partial charge in [-0.25, -0.2) is 4.79 Å². The number of nitrogens with one attached hydrogen (secondary N) is 1. The van der Waals surface area contributed by atoms with Gasteiger partial charge in [0.2, 0.25) is 5.91 Å². The van der Waals surface area contributed by atoms with Gasteiger partial charge in [-0.1, -0.05) is 29.3 Å². The second-order valence-corrected chi connectivity index (χ2v) is 10.3. The lowest BCUT2D eigenvalue weighted by Crippen LogP contribution is -2.37. The van der Waals surface area contributed by atoms with Crippen molar-refractivity contribution < 1.29 is 14.3 Å². The zero-order chi connectivity index (χ0) is 22.7. The van der Waals surface area contributed by atoms with Crippen molar-refractivity contribution in [1.29, 1.82) is 0 Å². The SMILES string of the molecule is CCOC(=O)c1c(NC(=O)C2CCN(Cc3ccc(Cl)c(Cl)c3)CC2)sc2c1CCCC2. The molecule has 2 aliphatic rings.